The zero-order chi connectivity index (χ0) is 19.8. The highest BCUT2D eigenvalue weighted by Crippen LogP contribution is 2.37. The Morgan fingerprint density at radius 2 is 1.29 bits per heavy atom. The third kappa shape index (κ3) is 3.73. The number of para-hydroxylation sites is 1. The van der Waals surface area contributed by atoms with Gasteiger partial charge in [0.25, 0.3) is 0 Å². The molecule has 0 unspecified atom stereocenters. The molecule has 2 aliphatic rings. The van der Waals surface area contributed by atoms with Gasteiger partial charge in [-0.25, -0.2) is 0 Å². The Morgan fingerprint density at radius 1 is 0.750 bits per heavy atom. The summed E-state index contributed by atoms with van der Waals surface area (Å²) in [6.45, 7) is 8.40. The first-order valence-electron chi connectivity index (χ1n) is 10.7. The second-order valence-corrected chi connectivity index (χ2v) is 9.18. The Hall–Kier alpha value is -1.78. The van der Waals surface area contributed by atoms with Crippen molar-refractivity contribution in [1.29, 1.82) is 0 Å². The van der Waals surface area contributed by atoms with E-state index in [9.17, 15) is 0 Å². The van der Waals surface area contributed by atoms with Crippen LogP contribution in [0.15, 0.2) is 54.6 Å². The standard InChI is InChI=1S/C24H32BNO2/c1-23(2)24(3,4)28-25(27-23)19-15-17-22(18-16-19)26(20-11-7-5-8-12-20)21-13-9-6-10-14-21/h5,7-8,11-12,15-18,21H,6,9-10,13-14H2,1-4H3. The third-order valence-electron chi connectivity index (χ3n) is 6.67. The maximum Gasteiger partial charge on any atom is 0.494 e. The molecular formula is C24H32BNO2. The average molecular weight is 377 g/mol. The van der Waals surface area contributed by atoms with Crippen molar-refractivity contribution < 1.29 is 9.31 Å². The topological polar surface area (TPSA) is 21.7 Å². The van der Waals surface area contributed by atoms with Crippen LogP contribution in [0.4, 0.5) is 11.4 Å². The van der Waals surface area contributed by atoms with Crippen LogP contribution in [-0.2, 0) is 9.31 Å². The van der Waals surface area contributed by atoms with Crippen LogP contribution in [0.25, 0.3) is 0 Å². The van der Waals surface area contributed by atoms with Crippen LogP contribution < -0.4 is 10.4 Å². The quantitative estimate of drug-likeness (QED) is 0.661. The van der Waals surface area contributed by atoms with Crippen molar-refractivity contribution in [2.24, 2.45) is 0 Å². The summed E-state index contributed by atoms with van der Waals surface area (Å²) >= 11 is 0. The number of benzene rings is 2. The van der Waals surface area contributed by atoms with Gasteiger partial charge in [0.2, 0.25) is 0 Å². The minimum atomic E-state index is -0.311. The highest BCUT2D eigenvalue weighted by atomic mass is 16.7. The molecule has 0 atom stereocenters. The van der Waals surface area contributed by atoms with E-state index in [1.165, 1.54) is 43.5 Å². The molecule has 0 spiro atoms. The highest BCUT2D eigenvalue weighted by molar-refractivity contribution is 6.62. The molecule has 1 saturated heterocycles. The molecule has 0 bridgehead atoms. The van der Waals surface area contributed by atoms with E-state index in [1.54, 1.807) is 0 Å². The number of rotatable bonds is 4. The van der Waals surface area contributed by atoms with Gasteiger partial charge in [-0.1, -0.05) is 49.6 Å². The molecule has 3 nitrogen and oxygen atoms in total. The van der Waals surface area contributed by atoms with E-state index < -0.39 is 0 Å². The van der Waals surface area contributed by atoms with Crippen molar-refractivity contribution in [3.05, 3.63) is 54.6 Å². The van der Waals surface area contributed by atoms with Gasteiger partial charge in [0.05, 0.1) is 11.2 Å². The lowest BCUT2D eigenvalue weighted by molar-refractivity contribution is 0.00578. The number of anilines is 2. The van der Waals surface area contributed by atoms with Crippen LogP contribution in [0.2, 0.25) is 0 Å². The maximum absolute atomic E-state index is 6.22. The number of hydrogen-bond donors (Lipinski definition) is 0. The van der Waals surface area contributed by atoms with Crippen LogP contribution in [0.1, 0.15) is 59.8 Å². The minimum Gasteiger partial charge on any atom is -0.399 e. The molecule has 4 rings (SSSR count). The van der Waals surface area contributed by atoms with Gasteiger partial charge in [-0.3, -0.25) is 0 Å². The van der Waals surface area contributed by atoms with E-state index >= 15 is 0 Å². The predicted octanol–water partition coefficient (Wildman–Crippen LogP) is 5.46. The summed E-state index contributed by atoms with van der Waals surface area (Å²) in [4.78, 5) is 2.52. The molecule has 28 heavy (non-hydrogen) atoms. The molecule has 4 heteroatoms. The Kier molecular flexibility index (Phi) is 5.28. The number of nitrogens with zero attached hydrogens (tertiary/aromatic N) is 1. The van der Waals surface area contributed by atoms with E-state index in [2.05, 4.69) is 87.2 Å². The van der Waals surface area contributed by atoms with Gasteiger partial charge < -0.3 is 14.2 Å². The largest absolute Gasteiger partial charge is 0.494 e. The molecule has 0 radical (unpaired) electrons. The fraction of sp³-hybridized carbons (Fsp3) is 0.500. The first-order valence-corrected chi connectivity index (χ1v) is 10.7. The molecular weight excluding hydrogens is 345 g/mol. The Morgan fingerprint density at radius 3 is 1.86 bits per heavy atom. The van der Waals surface area contributed by atoms with Crippen molar-refractivity contribution in [2.75, 3.05) is 4.90 Å². The monoisotopic (exact) mass is 377 g/mol. The molecule has 2 aromatic rings. The normalized spacial score (nSPS) is 21.6. The Bertz CT molecular complexity index is 766. The van der Waals surface area contributed by atoms with Crippen molar-refractivity contribution >= 4 is 24.0 Å². The van der Waals surface area contributed by atoms with Crippen LogP contribution in [0.5, 0.6) is 0 Å². The lowest BCUT2D eigenvalue weighted by Crippen LogP contribution is -2.41. The van der Waals surface area contributed by atoms with Gasteiger partial charge >= 0.3 is 7.12 Å². The molecule has 1 aliphatic carbocycles. The van der Waals surface area contributed by atoms with Crippen LogP contribution >= 0.6 is 0 Å². The molecule has 148 valence electrons. The summed E-state index contributed by atoms with van der Waals surface area (Å²) in [5.41, 5.74) is 2.98. The maximum atomic E-state index is 6.22. The Balaban J connectivity index is 1.60. The Labute approximate surface area is 170 Å². The zero-order valence-electron chi connectivity index (χ0n) is 17.7. The average Bonchev–Trinajstić information content (AvgIpc) is 2.92. The minimum absolute atomic E-state index is 0.307. The van der Waals surface area contributed by atoms with Gasteiger partial charge in [-0.2, -0.15) is 0 Å². The van der Waals surface area contributed by atoms with Crippen molar-refractivity contribution in [1.82, 2.24) is 0 Å². The molecule has 1 heterocycles. The van der Waals surface area contributed by atoms with E-state index in [4.69, 9.17) is 9.31 Å². The molecule has 1 aliphatic heterocycles. The highest BCUT2D eigenvalue weighted by Gasteiger charge is 2.51. The van der Waals surface area contributed by atoms with Crippen molar-refractivity contribution in [3.8, 4) is 0 Å². The lowest BCUT2D eigenvalue weighted by Gasteiger charge is -2.36. The fourth-order valence-corrected chi connectivity index (χ4v) is 4.27. The van der Waals surface area contributed by atoms with Crippen LogP contribution in [-0.4, -0.2) is 24.4 Å². The van der Waals surface area contributed by atoms with Crippen molar-refractivity contribution in [3.63, 3.8) is 0 Å². The van der Waals surface area contributed by atoms with Crippen LogP contribution in [0.3, 0.4) is 0 Å². The predicted molar refractivity (Wildman–Crippen MR) is 118 cm³/mol. The van der Waals surface area contributed by atoms with E-state index in [-0.39, 0.29) is 18.3 Å². The summed E-state index contributed by atoms with van der Waals surface area (Å²) < 4.78 is 12.4. The molecule has 0 aromatic heterocycles. The van der Waals surface area contributed by atoms with Crippen molar-refractivity contribution in [2.45, 2.75) is 77.0 Å². The van der Waals surface area contributed by atoms with Crippen LogP contribution in [0, 0.1) is 0 Å². The van der Waals surface area contributed by atoms with Gasteiger partial charge in [-0.05, 0) is 70.3 Å². The van der Waals surface area contributed by atoms with Gasteiger partial charge in [-0.15, -0.1) is 0 Å². The summed E-state index contributed by atoms with van der Waals surface area (Å²) in [7, 11) is -0.307. The van der Waals surface area contributed by atoms with Gasteiger partial charge in [0, 0.05) is 17.4 Å². The molecule has 2 fully saturated rings. The molecule has 0 amide bonds. The first kappa shape index (κ1) is 19.5. The second-order valence-electron chi connectivity index (χ2n) is 9.18. The fourth-order valence-electron chi connectivity index (χ4n) is 4.27. The molecule has 1 saturated carbocycles. The summed E-state index contributed by atoms with van der Waals surface area (Å²) in [5, 5.41) is 0. The summed E-state index contributed by atoms with van der Waals surface area (Å²) in [6, 6.07) is 20.1. The van der Waals surface area contributed by atoms with E-state index in [0.717, 1.165) is 5.46 Å². The van der Waals surface area contributed by atoms with Gasteiger partial charge in [0.1, 0.15) is 0 Å². The molecule has 0 N–H and O–H groups in total. The SMILES string of the molecule is CC1(C)OB(c2ccc(N(c3ccccc3)C3CCCCC3)cc2)OC1(C)C. The number of hydrogen-bond acceptors (Lipinski definition) is 3. The zero-order valence-corrected chi connectivity index (χ0v) is 17.7. The van der Waals surface area contributed by atoms with Gasteiger partial charge in [0.15, 0.2) is 0 Å². The van der Waals surface area contributed by atoms with E-state index in [1.807, 2.05) is 0 Å². The molecule has 2 aromatic carbocycles. The first-order chi connectivity index (χ1) is 13.4. The summed E-state index contributed by atoms with van der Waals surface area (Å²) in [5.74, 6) is 0. The van der Waals surface area contributed by atoms with E-state index in [0.29, 0.717) is 6.04 Å². The lowest BCUT2D eigenvalue weighted by atomic mass is 9.79. The second kappa shape index (κ2) is 7.57. The third-order valence-corrected chi connectivity index (χ3v) is 6.67. The smallest absolute Gasteiger partial charge is 0.399 e. The summed E-state index contributed by atoms with van der Waals surface area (Å²) in [6.07, 6.45) is 6.52.